The van der Waals surface area contributed by atoms with Gasteiger partial charge in [-0.1, -0.05) is 17.7 Å². The molecule has 2 amide bonds. The highest BCUT2D eigenvalue weighted by Crippen LogP contribution is 2.38. The molecule has 2 aliphatic heterocycles. The number of aryl methyl sites for hydroxylation is 2. The van der Waals surface area contributed by atoms with Crippen molar-refractivity contribution in [2.45, 2.75) is 51.1 Å². The van der Waals surface area contributed by atoms with E-state index in [2.05, 4.69) is 39.0 Å². The Labute approximate surface area is 232 Å². The zero-order valence-electron chi connectivity index (χ0n) is 21.3. The molecule has 0 spiro atoms. The number of amides is 2. The molecular formula is C28H35BrClN5O2. The van der Waals surface area contributed by atoms with Crippen LogP contribution in [0.25, 0.3) is 0 Å². The lowest BCUT2D eigenvalue weighted by Crippen LogP contribution is -2.51. The lowest BCUT2D eigenvalue weighted by Gasteiger charge is -2.40. The van der Waals surface area contributed by atoms with Crippen LogP contribution in [-0.2, 0) is 22.4 Å². The van der Waals surface area contributed by atoms with Crippen LogP contribution in [0.15, 0.2) is 34.9 Å². The van der Waals surface area contributed by atoms with Crippen LogP contribution in [0.4, 0.5) is 0 Å². The van der Waals surface area contributed by atoms with Crippen molar-refractivity contribution < 1.29 is 9.59 Å². The molecule has 3 heterocycles. The predicted molar refractivity (Wildman–Crippen MR) is 148 cm³/mol. The zero-order valence-corrected chi connectivity index (χ0v) is 23.7. The highest BCUT2D eigenvalue weighted by Gasteiger charge is 2.34. The molecule has 1 aliphatic carbocycles. The summed E-state index contributed by atoms with van der Waals surface area (Å²) in [5, 5.41) is 0.765. The summed E-state index contributed by atoms with van der Waals surface area (Å²) in [5.41, 5.74) is 10.7. The number of carbonyl (C=O) groups is 2. The summed E-state index contributed by atoms with van der Waals surface area (Å²) >= 11 is 9.96. The molecule has 0 radical (unpaired) electrons. The molecule has 2 aromatic rings. The zero-order chi connectivity index (χ0) is 26.1. The Morgan fingerprint density at radius 2 is 1.76 bits per heavy atom. The van der Waals surface area contributed by atoms with Gasteiger partial charge in [0, 0.05) is 61.4 Å². The van der Waals surface area contributed by atoms with Crippen molar-refractivity contribution >= 4 is 39.3 Å². The summed E-state index contributed by atoms with van der Waals surface area (Å²) in [7, 11) is 0. The van der Waals surface area contributed by atoms with Gasteiger partial charge >= 0.3 is 0 Å². The van der Waals surface area contributed by atoms with Gasteiger partial charge in [0.15, 0.2) is 0 Å². The average molecular weight is 589 g/mol. The van der Waals surface area contributed by atoms with E-state index in [1.165, 1.54) is 16.7 Å². The standard InChI is InChI=1S/C28H35BrClN5O2/c1-18(31)28(37)35-8-6-19(7-9-35)14-25(36)33-10-12-34(13-11-33)27-24-5-4-23(30)16-20(24)2-3-21-15-22(29)17-32-26(21)27/h4-5,15-19,27H,2-3,6-14,31H2,1H3/t18-,27?/m0/s1. The van der Waals surface area contributed by atoms with Crippen molar-refractivity contribution in [2.75, 3.05) is 39.3 Å². The number of pyridine rings is 1. The first-order valence-corrected chi connectivity index (χ1v) is 14.5. The fourth-order valence-corrected chi connectivity index (χ4v) is 6.61. The van der Waals surface area contributed by atoms with Gasteiger partial charge in [-0.15, -0.1) is 0 Å². The van der Waals surface area contributed by atoms with E-state index in [9.17, 15) is 9.59 Å². The Bertz CT molecular complexity index is 1110. The van der Waals surface area contributed by atoms with Crippen LogP contribution in [-0.4, -0.2) is 76.8 Å². The van der Waals surface area contributed by atoms with E-state index in [1.54, 1.807) is 6.92 Å². The number of halogens is 2. The summed E-state index contributed by atoms with van der Waals surface area (Å²) < 4.78 is 0.997. The topological polar surface area (TPSA) is 82.8 Å². The second-order valence-corrected chi connectivity index (χ2v) is 12.0. The lowest BCUT2D eigenvalue weighted by molar-refractivity contribution is -0.135. The SMILES string of the molecule is C[C@H](N)C(=O)N1CCC(CC(=O)N2CCN(C3c4ccc(Cl)cc4CCc4cc(Br)cnc43)CC2)CC1. The number of hydrogen-bond donors (Lipinski definition) is 1. The molecule has 9 heteroatoms. The molecule has 0 saturated carbocycles. The predicted octanol–water partition coefficient (Wildman–Crippen LogP) is 3.81. The molecule has 7 nitrogen and oxygen atoms in total. The third kappa shape index (κ3) is 5.87. The van der Waals surface area contributed by atoms with Gasteiger partial charge in [0.2, 0.25) is 11.8 Å². The van der Waals surface area contributed by atoms with Gasteiger partial charge in [-0.05, 0) is 89.3 Å². The third-order valence-electron chi connectivity index (χ3n) is 8.10. The smallest absolute Gasteiger partial charge is 0.239 e. The molecule has 2 atom stereocenters. The van der Waals surface area contributed by atoms with E-state index in [4.69, 9.17) is 22.3 Å². The minimum absolute atomic E-state index is 0.00618. The summed E-state index contributed by atoms with van der Waals surface area (Å²) in [6, 6.07) is 8.01. The van der Waals surface area contributed by atoms with E-state index in [1.807, 2.05) is 22.1 Å². The first-order valence-electron chi connectivity index (χ1n) is 13.3. The lowest BCUT2D eigenvalue weighted by atomic mass is 9.92. The molecule has 1 aromatic carbocycles. The Morgan fingerprint density at radius 3 is 2.46 bits per heavy atom. The van der Waals surface area contributed by atoms with Crippen LogP contribution in [0.2, 0.25) is 5.02 Å². The van der Waals surface area contributed by atoms with Crippen molar-refractivity contribution in [3.05, 3.63) is 62.3 Å². The summed E-state index contributed by atoms with van der Waals surface area (Å²) in [5.74, 6) is 0.564. The maximum atomic E-state index is 13.2. The first kappa shape index (κ1) is 26.6. The van der Waals surface area contributed by atoms with Gasteiger partial charge in [-0.3, -0.25) is 19.5 Å². The van der Waals surface area contributed by atoms with Gasteiger partial charge in [0.1, 0.15) is 0 Å². The van der Waals surface area contributed by atoms with E-state index in [0.29, 0.717) is 38.5 Å². The van der Waals surface area contributed by atoms with Crippen LogP contribution in [0.5, 0.6) is 0 Å². The molecule has 37 heavy (non-hydrogen) atoms. The molecule has 5 rings (SSSR count). The fourth-order valence-electron chi connectivity index (χ4n) is 6.03. The van der Waals surface area contributed by atoms with Gasteiger partial charge < -0.3 is 15.5 Å². The molecule has 2 N–H and O–H groups in total. The van der Waals surface area contributed by atoms with Crippen molar-refractivity contribution in [3.63, 3.8) is 0 Å². The number of nitrogens with two attached hydrogens (primary N) is 1. The number of benzene rings is 1. The number of rotatable bonds is 4. The second-order valence-electron chi connectivity index (χ2n) is 10.6. The number of aromatic nitrogens is 1. The summed E-state index contributed by atoms with van der Waals surface area (Å²) in [4.78, 5) is 36.5. The van der Waals surface area contributed by atoms with E-state index >= 15 is 0 Å². The van der Waals surface area contributed by atoms with E-state index in [-0.39, 0.29) is 17.9 Å². The Balaban J connectivity index is 1.24. The van der Waals surface area contributed by atoms with Gasteiger partial charge in [-0.25, -0.2) is 0 Å². The number of piperazine rings is 1. The molecule has 1 unspecified atom stereocenters. The number of carbonyl (C=O) groups excluding carboxylic acids is 2. The van der Waals surface area contributed by atoms with Crippen LogP contribution < -0.4 is 5.73 Å². The largest absolute Gasteiger partial charge is 0.341 e. The average Bonchev–Trinajstić information content (AvgIpc) is 3.05. The van der Waals surface area contributed by atoms with Crippen molar-refractivity contribution in [3.8, 4) is 0 Å². The molecule has 0 bridgehead atoms. The van der Waals surface area contributed by atoms with Gasteiger partial charge in [-0.2, -0.15) is 0 Å². The third-order valence-corrected chi connectivity index (χ3v) is 8.77. The molecule has 3 aliphatic rings. The fraction of sp³-hybridized carbons (Fsp3) is 0.536. The van der Waals surface area contributed by atoms with Crippen LogP contribution in [0.3, 0.4) is 0 Å². The van der Waals surface area contributed by atoms with Gasteiger partial charge in [0.25, 0.3) is 0 Å². The minimum Gasteiger partial charge on any atom is -0.341 e. The Kier molecular flexibility index (Phi) is 8.19. The summed E-state index contributed by atoms with van der Waals surface area (Å²) in [6.07, 6.45) is 6.04. The molecule has 1 aromatic heterocycles. The second kappa shape index (κ2) is 11.4. The normalized spacial score (nSPS) is 21.7. The van der Waals surface area contributed by atoms with Crippen molar-refractivity contribution in [1.29, 1.82) is 0 Å². The van der Waals surface area contributed by atoms with Crippen LogP contribution in [0, 0.1) is 5.92 Å². The Morgan fingerprint density at radius 1 is 1.05 bits per heavy atom. The number of nitrogens with zero attached hydrogens (tertiary/aromatic N) is 4. The highest BCUT2D eigenvalue weighted by molar-refractivity contribution is 9.10. The van der Waals surface area contributed by atoms with E-state index < -0.39 is 6.04 Å². The molecule has 2 fully saturated rings. The maximum absolute atomic E-state index is 13.2. The highest BCUT2D eigenvalue weighted by atomic mass is 79.9. The number of likely N-dealkylation sites (tertiary alicyclic amines) is 1. The van der Waals surface area contributed by atoms with E-state index in [0.717, 1.165) is 54.0 Å². The first-order chi connectivity index (χ1) is 17.8. The maximum Gasteiger partial charge on any atom is 0.239 e. The minimum atomic E-state index is -0.462. The number of hydrogen-bond acceptors (Lipinski definition) is 5. The number of fused-ring (bicyclic) bond motifs is 2. The van der Waals surface area contributed by atoms with Crippen LogP contribution in [0.1, 0.15) is 54.6 Å². The van der Waals surface area contributed by atoms with Crippen LogP contribution >= 0.6 is 27.5 Å². The quantitative estimate of drug-likeness (QED) is 0.588. The number of piperidine rings is 1. The van der Waals surface area contributed by atoms with Crippen molar-refractivity contribution in [1.82, 2.24) is 19.7 Å². The monoisotopic (exact) mass is 587 g/mol. The Hall–Kier alpha value is -2.00. The summed E-state index contributed by atoms with van der Waals surface area (Å²) in [6.45, 7) is 6.15. The van der Waals surface area contributed by atoms with Crippen molar-refractivity contribution in [2.24, 2.45) is 11.7 Å². The molecule has 2 saturated heterocycles. The molecular weight excluding hydrogens is 554 g/mol. The van der Waals surface area contributed by atoms with Gasteiger partial charge in [0.05, 0.1) is 17.8 Å². The molecule has 198 valence electrons.